The number of nitrogens with zero attached hydrogens (tertiary/aromatic N) is 2. The summed E-state index contributed by atoms with van der Waals surface area (Å²) in [5.41, 5.74) is 0.0674. The Morgan fingerprint density at radius 3 is 2.71 bits per heavy atom. The lowest BCUT2D eigenvalue weighted by Gasteiger charge is -2.38. The van der Waals surface area contributed by atoms with E-state index in [0.717, 1.165) is 64.4 Å². The maximum absolute atomic E-state index is 6.21. The van der Waals surface area contributed by atoms with Gasteiger partial charge in [0.2, 0.25) is 0 Å². The Labute approximate surface area is 144 Å². The van der Waals surface area contributed by atoms with Crippen LogP contribution in [0.25, 0.3) is 0 Å². The lowest BCUT2D eigenvalue weighted by atomic mass is 9.88. The molecule has 24 heavy (non-hydrogen) atoms. The van der Waals surface area contributed by atoms with Crippen LogP contribution in [0.15, 0.2) is 22.8 Å². The molecule has 1 spiro atoms. The zero-order valence-electron chi connectivity index (χ0n) is 14.6. The summed E-state index contributed by atoms with van der Waals surface area (Å²) < 4.78 is 17.8. The predicted molar refractivity (Wildman–Crippen MR) is 91.9 cm³/mol. The lowest BCUT2D eigenvalue weighted by Crippen LogP contribution is -2.43. The maximum atomic E-state index is 6.21. The number of furan rings is 1. The molecule has 5 heteroatoms. The van der Waals surface area contributed by atoms with Crippen LogP contribution >= 0.6 is 0 Å². The van der Waals surface area contributed by atoms with Gasteiger partial charge < -0.3 is 18.8 Å². The molecule has 0 amide bonds. The van der Waals surface area contributed by atoms with Crippen molar-refractivity contribution in [2.45, 2.75) is 50.4 Å². The lowest BCUT2D eigenvalue weighted by molar-refractivity contribution is -0.0475. The second kappa shape index (κ2) is 7.56. The fraction of sp³-hybridized carbons (Fsp3) is 0.789. The third-order valence-corrected chi connectivity index (χ3v) is 5.86. The van der Waals surface area contributed by atoms with Crippen molar-refractivity contribution in [3.63, 3.8) is 0 Å². The molecule has 3 saturated heterocycles. The van der Waals surface area contributed by atoms with Gasteiger partial charge in [0.05, 0.1) is 37.7 Å². The van der Waals surface area contributed by atoms with Crippen LogP contribution in [-0.4, -0.2) is 67.4 Å². The van der Waals surface area contributed by atoms with Crippen LogP contribution in [-0.2, 0) is 16.0 Å². The Kier molecular flexibility index (Phi) is 5.22. The van der Waals surface area contributed by atoms with Crippen molar-refractivity contribution in [3.05, 3.63) is 24.2 Å². The highest BCUT2D eigenvalue weighted by Gasteiger charge is 2.43. The van der Waals surface area contributed by atoms with E-state index < -0.39 is 0 Å². The van der Waals surface area contributed by atoms with Crippen molar-refractivity contribution in [2.24, 2.45) is 0 Å². The Hall–Kier alpha value is -0.880. The molecule has 3 aliphatic heterocycles. The topological polar surface area (TPSA) is 38.1 Å². The molecule has 0 aliphatic carbocycles. The number of rotatable bonds is 6. The summed E-state index contributed by atoms with van der Waals surface area (Å²) in [6, 6.07) is 4.02. The van der Waals surface area contributed by atoms with E-state index >= 15 is 0 Å². The van der Waals surface area contributed by atoms with E-state index in [1.807, 2.05) is 6.07 Å². The number of piperidine rings is 1. The van der Waals surface area contributed by atoms with Crippen molar-refractivity contribution < 1.29 is 13.9 Å². The number of likely N-dealkylation sites (tertiary alicyclic amines) is 2. The van der Waals surface area contributed by atoms with E-state index in [2.05, 4.69) is 15.9 Å². The van der Waals surface area contributed by atoms with Crippen LogP contribution < -0.4 is 0 Å². The minimum Gasteiger partial charge on any atom is -0.468 e. The van der Waals surface area contributed by atoms with Crippen molar-refractivity contribution >= 4 is 0 Å². The van der Waals surface area contributed by atoms with Gasteiger partial charge in [-0.1, -0.05) is 0 Å². The second-order valence-corrected chi connectivity index (χ2v) is 7.60. The summed E-state index contributed by atoms with van der Waals surface area (Å²) in [6.45, 7) is 8.30. The van der Waals surface area contributed by atoms with Crippen LogP contribution in [0.5, 0.6) is 0 Å². The summed E-state index contributed by atoms with van der Waals surface area (Å²) in [5, 5.41) is 0. The quantitative estimate of drug-likeness (QED) is 0.799. The Bertz CT molecular complexity index is 491. The zero-order chi connectivity index (χ0) is 16.2. The number of ether oxygens (including phenoxy) is 2. The maximum Gasteiger partial charge on any atom is 0.117 e. The largest absolute Gasteiger partial charge is 0.468 e. The summed E-state index contributed by atoms with van der Waals surface area (Å²) in [5.74, 6) is 1.06. The van der Waals surface area contributed by atoms with Crippen LogP contribution in [0.3, 0.4) is 0 Å². The molecule has 0 unspecified atom stereocenters. The molecule has 3 aliphatic rings. The monoisotopic (exact) mass is 334 g/mol. The third-order valence-electron chi connectivity index (χ3n) is 5.86. The standard InChI is InChI=1S/C19H30N2O3/c1-2-8-20(7-1)11-13-23-18-14-19(24-16-18)5-9-21(10-6-19)15-17-4-3-12-22-17/h3-4,12,18H,1-2,5-11,13-16H2/t18-/m1/s1. The summed E-state index contributed by atoms with van der Waals surface area (Å²) in [4.78, 5) is 4.98. The van der Waals surface area contributed by atoms with Gasteiger partial charge >= 0.3 is 0 Å². The molecular weight excluding hydrogens is 304 g/mol. The van der Waals surface area contributed by atoms with E-state index in [-0.39, 0.29) is 5.60 Å². The van der Waals surface area contributed by atoms with E-state index in [9.17, 15) is 0 Å². The van der Waals surface area contributed by atoms with Gasteiger partial charge in [0.1, 0.15) is 5.76 Å². The number of hydrogen-bond donors (Lipinski definition) is 0. The second-order valence-electron chi connectivity index (χ2n) is 7.60. The van der Waals surface area contributed by atoms with Gasteiger partial charge in [-0.2, -0.15) is 0 Å². The first kappa shape index (κ1) is 16.6. The van der Waals surface area contributed by atoms with Gasteiger partial charge in [-0.05, 0) is 50.9 Å². The fourth-order valence-corrected chi connectivity index (χ4v) is 4.35. The van der Waals surface area contributed by atoms with Crippen LogP contribution in [0.4, 0.5) is 0 Å². The van der Waals surface area contributed by atoms with Gasteiger partial charge in [0.15, 0.2) is 0 Å². The first-order chi connectivity index (χ1) is 11.8. The molecule has 1 aromatic rings. The van der Waals surface area contributed by atoms with E-state index in [1.54, 1.807) is 6.26 Å². The molecule has 0 N–H and O–H groups in total. The third kappa shape index (κ3) is 4.02. The van der Waals surface area contributed by atoms with E-state index in [1.165, 1.54) is 25.9 Å². The van der Waals surface area contributed by atoms with Crippen molar-refractivity contribution in [3.8, 4) is 0 Å². The highest BCUT2D eigenvalue weighted by molar-refractivity contribution is 5.00. The van der Waals surface area contributed by atoms with Gasteiger partial charge in [0, 0.05) is 26.1 Å². The molecule has 5 nitrogen and oxygen atoms in total. The molecule has 0 aromatic carbocycles. The Balaban J connectivity index is 1.17. The smallest absolute Gasteiger partial charge is 0.117 e. The molecule has 134 valence electrons. The van der Waals surface area contributed by atoms with Gasteiger partial charge in [-0.15, -0.1) is 0 Å². The van der Waals surface area contributed by atoms with Crippen molar-refractivity contribution in [1.29, 1.82) is 0 Å². The molecule has 0 saturated carbocycles. The highest BCUT2D eigenvalue weighted by atomic mass is 16.6. The molecule has 0 radical (unpaired) electrons. The van der Waals surface area contributed by atoms with Crippen molar-refractivity contribution in [1.82, 2.24) is 9.80 Å². The minimum atomic E-state index is 0.0674. The number of hydrogen-bond acceptors (Lipinski definition) is 5. The Morgan fingerprint density at radius 2 is 1.96 bits per heavy atom. The average molecular weight is 334 g/mol. The first-order valence-electron chi connectivity index (χ1n) is 9.54. The van der Waals surface area contributed by atoms with Crippen LogP contribution in [0.2, 0.25) is 0 Å². The van der Waals surface area contributed by atoms with Gasteiger partial charge in [-0.3, -0.25) is 4.90 Å². The zero-order valence-corrected chi connectivity index (χ0v) is 14.6. The van der Waals surface area contributed by atoms with E-state index in [0.29, 0.717) is 6.10 Å². The summed E-state index contributed by atoms with van der Waals surface area (Å²) in [7, 11) is 0. The SMILES string of the molecule is c1coc(CN2CCC3(CC2)C[C@@H](OCCN2CCCC2)CO3)c1. The van der Waals surface area contributed by atoms with Crippen LogP contribution in [0.1, 0.15) is 37.9 Å². The normalized spacial score (nSPS) is 28.1. The van der Waals surface area contributed by atoms with Crippen molar-refractivity contribution in [2.75, 3.05) is 45.9 Å². The first-order valence-corrected chi connectivity index (χ1v) is 9.54. The molecular formula is C19H30N2O3. The summed E-state index contributed by atoms with van der Waals surface area (Å²) in [6.07, 6.45) is 8.05. The summed E-state index contributed by atoms with van der Waals surface area (Å²) >= 11 is 0. The molecule has 4 heterocycles. The fourth-order valence-electron chi connectivity index (χ4n) is 4.35. The van der Waals surface area contributed by atoms with Gasteiger partial charge in [-0.25, -0.2) is 0 Å². The minimum absolute atomic E-state index is 0.0674. The molecule has 0 bridgehead atoms. The molecule has 4 rings (SSSR count). The molecule has 1 atom stereocenters. The highest BCUT2D eigenvalue weighted by Crippen LogP contribution is 2.37. The van der Waals surface area contributed by atoms with E-state index in [4.69, 9.17) is 13.9 Å². The predicted octanol–water partition coefficient (Wildman–Crippen LogP) is 2.52. The molecule has 3 fully saturated rings. The van der Waals surface area contributed by atoms with Gasteiger partial charge in [0.25, 0.3) is 0 Å². The molecule has 1 aromatic heterocycles. The Morgan fingerprint density at radius 1 is 1.12 bits per heavy atom. The average Bonchev–Trinajstić information content (AvgIpc) is 3.34. The van der Waals surface area contributed by atoms with Crippen LogP contribution in [0, 0.1) is 0 Å².